The van der Waals surface area contributed by atoms with E-state index in [0.717, 1.165) is 11.8 Å². The third-order valence-electron chi connectivity index (χ3n) is 3.23. The maximum Gasteiger partial charge on any atom is -0.00484 e. The Balaban J connectivity index is 2.13. The molecular weight excluding hydrogens is 168 g/mol. The van der Waals surface area contributed by atoms with Crippen LogP contribution in [-0.2, 0) is 0 Å². The van der Waals surface area contributed by atoms with Gasteiger partial charge in [0.05, 0.1) is 0 Å². The predicted molar refractivity (Wildman–Crippen MR) is 64.3 cm³/mol. The Kier molecular flexibility index (Phi) is 4.44. The highest BCUT2D eigenvalue weighted by Crippen LogP contribution is 2.32. The van der Waals surface area contributed by atoms with Crippen molar-refractivity contribution in [2.45, 2.75) is 53.4 Å². The molecule has 0 N–H and O–H groups in total. The van der Waals surface area contributed by atoms with Crippen LogP contribution in [0.4, 0.5) is 0 Å². The lowest BCUT2D eigenvalue weighted by Gasteiger charge is -2.07. The summed E-state index contributed by atoms with van der Waals surface area (Å²) >= 11 is 0. The fraction of sp³-hybridized carbons (Fsp3) is 0.714. The minimum absolute atomic E-state index is 0.818. The molecule has 14 heavy (non-hydrogen) atoms. The second-order valence-corrected chi connectivity index (χ2v) is 4.84. The van der Waals surface area contributed by atoms with Crippen LogP contribution in [0.5, 0.6) is 0 Å². The highest BCUT2D eigenvalue weighted by atomic mass is 14.2. The minimum Gasteiger partial charge on any atom is -0.0853 e. The molecule has 0 saturated heterocycles. The second kappa shape index (κ2) is 5.38. The number of hydrogen-bond acceptors (Lipinski definition) is 0. The van der Waals surface area contributed by atoms with Crippen molar-refractivity contribution in [3.8, 4) is 0 Å². The fourth-order valence-electron chi connectivity index (χ4n) is 1.85. The number of rotatable bonds is 6. The van der Waals surface area contributed by atoms with E-state index >= 15 is 0 Å². The summed E-state index contributed by atoms with van der Waals surface area (Å²) in [4.78, 5) is 0. The van der Waals surface area contributed by atoms with Crippen molar-refractivity contribution < 1.29 is 0 Å². The van der Waals surface area contributed by atoms with Crippen LogP contribution in [0.15, 0.2) is 23.3 Å². The maximum atomic E-state index is 2.43. The van der Waals surface area contributed by atoms with Crippen LogP contribution in [0.25, 0.3) is 0 Å². The van der Waals surface area contributed by atoms with Gasteiger partial charge in [0.15, 0.2) is 0 Å². The molecule has 0 spiro atoms. The fourth-order valence-corrected chi connectivity index (χ4v) is 1.85. The molecule has 1 aliphatic carbocycles. The molecule has 0 fully saturated rings. The van der Waals surface area contributed by atoms with Gasteiger partial charge in [0.25, 0.3) is 0 Å². The third kappa shape index (κ3) is 4.13. The van der Waals surface area contributed by atoms with E-state index in [1.54, 1.807) is 11.1 Å². The van der Waals surface area contributed by atoms with Crippen molar-refractivity contribution >= 4 is 0 Å². The summed E-state index contributed by atoms with van der Waals surface area (Å²) < 4.78 is 0. The van der Waals surface area contributed by atoms with Gasteiger partial charge in [-0.25, -0.2) is 0 Å². The van der Waals surface area contributed by atoms with Crippen molar-refractivity contribution in [3.05, 3.63) is 23.3 Å². The van der Waals surface area contributed by atoms with Gasteiger partial charge in [-0.1, -0.05) is 50.5 Å². The van der Waals surface area contributed by atoms with Gasteiger partial charge < -0.3 is 0 Å². The molecule has 0 amide bonds. The Morgan fingerprint density at radius 2 is 2.21 bits per heavy atom. The average molecular weight is 192 g/mol. The molecule has 0 nitrogen and oxygen atoms in total. The third-order valence-corrected chi connectivity index (χ3v) is 3.23. The minimum atomic E-state index is 0.818. The lowest BCUT2D eigenvalue weighted by Crippen LogP contribution is -1.92. The number of allylic oxidation sites excluding steroid dienone is 4. The summed E-state index contributed by atoms with van der Waals surface area (Å²) in [6, 6.07) is 0. The first-order chi connectivity index (χ1) is 6.63. The first-order valence-electron chi connectivity index (χ1n) is 5.99. The van der Waals surface area contributed by atoms with E-state index < -0.39 is 0 Å². The topological polar surface area (TPSA) is 0 Å². The monoisotopic (exact) mass is 192 g/mol. The van der Waals surface area contributed by atoms with Crippen LogP contribution < -0.4 is 0 Å². The largest absolute Gasteiger partial charge is 0.0853 e. The quantitative estimate of drug-likeness (QED) is 0.534. The van der Waals surface area contributed by atoms with Crippen molar-refractivity contribution in [2.75, 3.05) is 0 Å². The van der Waals surface area contributed by atoms with Gasteiger partial charge in [0.1, 0.15) is 0 Å². The van der Waals surface area contributed by atoms with Gasteiger partial charge >= 0.3 is 0 Å². The van der Waals surface area contributed by atoms with Crippen LogP contribution in [0.2, 0.25) is 0 Å². The summed E-state index contributed by atoms with van der Waals surface area (Å²) in [7, 11) is 0. The predicted octanol–water partition coefficient (Wildman–Crippen LogP) is 4.73. The van der Waals surface area contributed by atoms with Crippen LogP contribution in [0, 0.1) is 11.8 Å². The molecule has 2 atom stereocenters. The molecule has 0 aromatic heterocycles. The van der Waals surface area contributed by atoms with E-state index in [9.17, 15) is 0 Å². The van der Waals surface area contributed by atoms with Crippen LogP contribution in [0.3, 0.4) is 0 Å². The van der Waals surface area contributed by atoms with Crippen molar-refractivity contribution in [1.82, 2.24) is 0 Å². The van der Waals surface area contributed by atoms with Crippen molar-refractivity contribution in [3.63, 3.8) is 0 Å². The Labute approximate surface area is 89.1 Å². The highest BCUT2D eigenvalue weighted by molar-refractivity contribution is 5.27. The van der Waals surface area contributed by atoms with Crippen LogP contribution in [-0.4, -0.2) is 0 Å². The summed E-state index contributed by atoms with van der Waals surface area (Å²) in [5, 5.41) is 0. The van der Waals surface area contributed by atoms with Crippen LogP contribution in [0.1, 0.15) is 53.4 Å². The molecular formula is C14H24. The maximum absolute atomic E-state index is 2.43. The summed E-state index contributed by atoms with van der Waals surface area (Å²) in [5.74, 6) is 1.67. The molecule has 0 aliphatic heterocycles. The Bertz CT molecular complexity index is 232. The summed E-state index contributed by atoms with van der Waals surface area (Å²) in [6.45, 7) is 9.17. The van der Waals surface area contributed by atoms with Crippen molar-refractivity contribution in [1.29, 1.82) is 0 Å². The van der Waals surface area contributed by atoms with Gasteiger partial charge in [-0.15, -0.1) is 0 Å². The molecule has 0 heterocycles. The smallest absolute Gasteiger partial charge is 0.00484 e. The van der Waals surface area contributed by atoms with Gasteiger partial charge in [-0.3, -0.25) is 0 Å². The molecule has 0 saturated carbocycles. The SMILES string of the molecule is CCC(C)CC(C)=CCCC1=CC1C. The molecule has 0 bridgehead atoms. The highest BCUT2D eigenvalue weighted by Gasteiger charge is 2.16. The Hall–Kier alpha value is -0.520. The summed E-state index contributed by atoms with van der Waals surface area (Å²) in [5.41, 5.74) is 3.24. The zero-order chi connectivity index (χ0) is 10.6. The molecule has 1 rings (SSSR count). The standard InChI is InChI=1S/C14H24/c1-5-11(2)9-12(3)7-6-8-14-10-13(14)4/h7,10-11,13H,5-6,8-9H2,1-4H3. The van der Waals surface area contributed by atoms with Gasteiger partial charge in [-0.2, -0.15) is 0 Å². The van der Waals surface area contributed by atoms with Crippen molar-refractivity contribution in [2.24, 2.45) is 11.8 Å². The van der Waals surface area contributed by atoms with Gasteiger partial charge in [-0.05, 0) is 38.0 Å². The lowest BCUT2D eigenvalue weighted by atomic mass is 9.99. The van der Waals surface area contributed by atoms with E-state index in [1.807, 2.05) is 0 Å². The zero-order valence-corrected chi connectivity index (χ0v) is 10.1. The second-order valence-electron chi connectivity index (χ2n) is 4.84. The van der Waals surface area contributed by atoms with Gasteiger partial charge in [0, 0.05) is 0 Å². The average Bonchev–Trinajstić information content (AvgIpc) is 2.82. The first-order valence-corrected chi connectivity index (χ1v) is 5.99. The molecule has 0 radical (unpaired) electrons. The molecule has 0 aromatic carbocycles. The molecule has 80 valence electrons. The molecule has 0 aromatic rings. The van der Waals surface area contributed by atoms with Gasteiger partial charge in [0.2, 0.25) is 0 Å². The van der Waals surface area contributed by atoms with E-state index in [-0.39, 0.29) is 0 Å². The van der Waals surface area contributed by atoms with Crippen LogP contribution >= 0.6 is 0 Å². The normalized spacial score (nSPS) is 23.3. The van der Waals surface area contributed by atoms with E-state index in [4.69, 9.17) is 0 Å². The lowest BCUT2D eigenvalue weighted by molar-refractivity contribution is 0.556. The molecule has 2 unspecified atom stereocenters. The molecule has 1 aliphatic rings. The van der Waals surface area contributed by atoms with E-state index in [1.165, 1.54) is 25.7 Å². The molecule has 0 heteroatoms. The summed E-state index contributed by atoms with van der Waals surface area (Å²) in [6.07, 6.45) is 9.92. The first kappa shape index (κ1) is 11.6. The number of hydrogen-bond donors (Lipinski definition) is 0. The zero-order valence-electron chi connectivity index (χ0n) is 10.1. The van der Waals surface area contributed by atoms with E-state index in [2.05, 4.69) is 39.8 Å². The van der Waals surface area contributed by atoms with E-state index in [0.29, 0.717) is 0 Å². The Morgan fingerprint density at radius 3 is 2.71 bits per heavy atom. The Morgan fingerprint density at radius 1 is 1.57 bits per heavy atom.